The highest BCUT2D eigenvalue weighted by Crippen LogP contribution is 2.26. The van der Waals surface area contributed by atoms with Crippen LogP contribution in [0.4, 0.5) is 0 Å². The maximum absolute atomic E-state index is 12.9. The Hall–Kier alpha value is -3.17. The van der Waals surface area contributed by atoms with Gasteiger partial charge in [-0.1, -0.05) is 59.6 Å². The average molecular weight is 374 g/mol. The molecule has 0 atom stereocenters. The van der Waals surface area contributed by atoms with E-state index in [-0.39, 0.29) is 0 Å². The summed E-state index contributed by atoms with van der Waals surface area (Å²) in [5, 5.41) is 1.35. The molecule has 0 saturated carbocycles. The van der Waals surface area contributed by atoms with Crippen molar-refractivity contribution in [1.29, 1.82) is 0 Å². The van der Waals surface area contributed by atoms with Crippen molar-refractivity contribution in [2.75, 3.05) is 0 Å². The fraction of sp³-hybridized carbons (Fsp3) is 0.0435. The number of nitrogens with zero attached hydrogens (tertiary/aromatic N) is 1. The third kappa shape index (κ3) is 3.69. The molecule has 3 nitrogen and oxygen atoms in total. The van der Waals surface area contributed by atoms with E-state index < -0.39 is 5.97 Å². The van der Waals surface area contributed by atoms with Gasteiger partial charge < -0.3 is 4.74 Å². The monoisotopic (exact) mass is 373 g/mol. The quantitative estimate of drug-likeness (QED) is 0.322. The first-order valence-corrected chi connectivity index (χ1v) is 8.92. The summed E-state index contributed by atoms with van der Waals surface area (Å²) < 4.78 is 5.55. The smallest absolute Gasteiger partial charge is 0.344 e. The molecule has 132 valence electrons. The molecule has 0 aliphatic heterocycles. The van der Waals surface area contributed by atoms with E-state index in [1.54, 1.807) is 30.3 Å². The highest BCUT2D eigenvalue weighted by Gasteiger charge is 2.16. The lowest BCUT2D eigenvalue weighted by molar-refractivity contribution is 0.0737. The number of carbonyl (C=O) groups excluding carboxylic acids is 1. The Morgan fingerprint density at radius 3 is 2.37 bits per heavy atom. The van der Waals surface area contributed by atoms with Crippen LogP contribution in [0.15, 0.2) is 78.9 Å². The van der Waals surface area contributed by atoms with Crippen molar-refractivity contribution in [1.82, 2.24) is 4.98 Å². The van der Waals surface area contributed by atoms with Gasteiger partial charge in [-0.25, -0.2) is 9.78 Å². The molecule has 0 saturated heterocycles. The van der Waals surface area contributed by atoms with E-state index in [2.05, 4.69) is 0 Å². The molecule has 4 aromatic rings. The molecule has 4 heteroatoms. The van der Waals surface area contributed by atoms with Gasteiger partial charge in [-0.15, -0.1) is 0 Å². The Kier molecular flexibility index (Phi) is 4.61. The second-order valence-corrected chi connectivity index (χ2v) is 6.72. The second kappa shape index (κ2) is 7.22. The Labute approximate surface area is 162 Å². The molecule has 1 heterocycles. The molecule has 0 fully saturated rings. The molecule has 3 aromatic carbocycles. The predicted molar refractivity (Wildman–Crippen MR) is 108 cm³/mol. The van der Waals surface area contributed by atoms with E-state index in [0.717, 1.165) is 22.2 Å². The van der Waals surface area contributed by atoms with Crippen molar-refractivity contribution in [2.45, 2.75) is 6.92 Å². The summed E-state index contributed by atoms with van der Waals surface area (Å²) in [5.74, 6) is 0.0199. The highest BCUT2D eigenvalue weighted by atomic mass is 35.5. The molecular weight excluding hydrogens is 358 g/mol. The summed E-state index contributed by atoms with van der Waals surface area (Å²) in [4.78, 5) is 17.6. The van der Waals surface area contributed by atoms with Gasteiger partial charge in [0.2, 0.25) is 0 Å². The second-order valence-electron chi connectivity index (χ2n) is 6.28. The number of rotatable bonds is 3. The van der Waals surface area contributed by atoms with Crippen LogP contribution in [0.2, 0.25) is 5.02 Å². The van der Waals surface area contributed by atoms with E-state index in [9.17, 15) is 4.79 Å². The fourth-order valence-electron chi connectivity index (χ4n) is 2.88. The largest absolute Gasteiger partial charge is 0.423 e. The van der Waals surface area contributed by atoms with E-state index in [4.69, 9.17) is 21.3 Å². The number of aryl methyl sites for hydroxylation is 1. The van der Waals surface area contributed by atoms with Crippen LogP contribution < -0.4 is 4.74 Å². The number of aromatic nitrogens is 1. The predicted octanol–water partition coefficient (Wildman–Crippen LogP) is 6.08. The van der Waals surface area contributed by atoms with Crippen molar-refractivity contribution >= 4 is 28.5 Å². The number of esters is 1. The maximum atomic E-state index is 12.9. The number of carbonyl (C=O) groups is 1. The van der Waals surface area contributed by atoms with Gasteiger partial charge in [0.05, 0.1) is 16.8 Å². The normalized spacial score (nSPS) is 10.7. The molecule has 27 heavy (non-hydrogen) atoms. The van der Waals surface area contributed by atoms with E-state index in [1.165, 1.54) is 5.56 Å². The van der Waals surface area contributed by atoms with Crippen molar-refractivity contribution in [3.05, 3.63) is 95.0 Å². The first-order chi connectivity index (χ1) is 13.1. The van der Waals surface area contributed by atoms with Crippen LogP contribution in [0.1, 0.15) is 15.9 Å². The van der Waals surface area contributed by atoms with E-state index >= 15 is 0 Å². The summed E-state index contributed by atoms with van der Waals surface area (Å²) in [5.41, 5.74) is 4.08. The Morgan fingerprint density at radius 1 is 0.926 bits per heavy atom. The Morgan fingerprint density at radius 2 is 1.63 bits per heavy atom. The number of halogens is 1. The zero-order chi connectivity index (χ0) is 18.8. The zero-order valence-electron chi connectivity index (χ0n) is 14.6. The minimum absolute atomic E-state index is 0.427. The van der Waals surface area contributed by atoms with E-state index in [0.29, 0.717) is 16.3 Å². The van der Waals surface area contributed by atoms with Crippen LogP contribution in [-0.2, 0) is 0 Å². The third-order valence-corrected chi connectivity index (χ3v) is 4.56. The Bertz CT molecular complexity index is 1120. The molecule has 0 unspecified atom stereocenters. The topological polar surface area (TPSA) is 39.2 Å². The minimum Gasteiger partial charge on any atom is -0.423 e. The standard InChI is InChI=1S/C23H16ClNO2/c1-15-6-8-16(9-7-15)22-14-20(19-4-2-3-5-21(19)25-22)23(26)27-18-12-10-17(24)11-13-18/h2-14H,1H3. The van der Waals surface area contributed by atoms with Crippen molar-refractivity contribution in [3.63, 3.8) is 0 Å². The van der Waals surface area contributed by atoms with Crippen LogP contribution in [0, 0.1) is 6.92 Å². The van der Waals surface area contributed by atoms with Gasteiger partial charge >= 0.3 is 5.97 Å². The molecule has 0 radical (unpaired) electrons. The number of hydrogen-bond donors (Lipinski definition) is 0. The molecule has 0 aliphatic rings. The SMILES string of the molecule is Cc1ccc(-c2cc(C(=O)Oc3ccc(Cl)cc3)c3ccccc3n2)cc1. The van der Waals surface area contributed by atoms with Crippen LogP contribution in [0.3, 0.4) is 0 Å². The summed E-state index contributed by atoms with van der Waals surface area (Å²) in [7, 11) is 0. The molecular formula is C23H16ClNO2. The molecule has 1 aromatic heterocycles. The molecule has 0 spiro atoms. The van der Waals surface area contributed by atoms with Gasteiger partial charge in [0.1, 0.15) is 5.75 Å². The lowest BCUT2D eigenvalue weighted by Gasteiger charge is -2.10. The number of para-hydroxylation sites is 1. The van der Waals surface area contributed by atoms with Crippen LogP contribution >= 0.6 is 11.6 Å². The molecule has 4 rings (SSSR count). The van der Waals surface area contributed by atoms with Crippen molar-refractivity contribution < 1.29 is 9.53 Å². The van der Waals surface area contributed by atoms with Gasteiger partial charge in [-0.05, 0) is 43.3 Å². The minimum atomic E-state index is -0.427. The number of benzene rings is 3. The molecule has 0 bridgehead atoms. The van der Waals surface area contributed by atoms with Crippen molar-refractivity contribution in [3.8, 4) is 17.0 Å². The van der Waals surface area contributed by atoms with E-state index in [1.807, 2.05) is 55.5 Å². The van der Waals surface area contributed by atoms with Crippen molar-refractivity contribution in [2.24, 2.45) is 0 Å². The lowest BCUT2D eigenvalue weighted by Crippen LogP contribution is -2.10. The van der Waals surface area contributed by atoms with Gasteiger partial charge in [-0.2, -0.15) is 0 Å². The summed E-state index contributed by atoms with van der Waals surface area (Å²) in [6, 6.07) is 24.1. The first-order valence-electron chi connectivity index (χ1n) is 8.55. The van der Waals surface area contributed by atoms with Crippen LogP contribution in [0.5, 0.6) is 5.75 Å². The molecule has 0 aliphatic carbocycles. The first kappa shape index (κ1) is 17.3. The number of fused-ring (bicyclic) bond motifs is 1. The Balaban J connectivity index is 1.79. The van der Waals surface area contributed by atoms with Crippen LogP contribution in [0.25, 0.3) is 22.2 Å². The van der Waals surface area contributed by atoms with Gasteiger partial charge in [0.25, 0.3) is 0 Å². The number of hydrogen-bond acceptors (Lipinski definition) is 3. The maximum Gasteiger partial charge on any atom is 0.344 e. The van der Waals surface area contributed by atoms with Crippen LogP contribution in [-0.4, -0.2) is 11.0 Å². The zero-order valence-corrected chi connectivity index (χ0v) is 15.4. The molecule has 0 amide bonds. The third-order valence-electron chi connectivity index (χ3n) is 4.31. The summed E-state index contributed by atoms with van der Waals surface area (Å²) in [6.45, 7) is 2.03. The summed E-state index contributed by atoms with van der Waals surface area (Å²) in [6.07, 6.45) is 0. The number of pyridine rings is 1. The van der Waals surface area contributed by atoms with Gasteiger partial charge in [0.15, 0.2) is 0 Å². The highest BCUT2D eigenvalue weighted by molar-refractivity contribution is 6.30. The fourth-order valence-corrected chi connectivity index (χ4v) is 3.01. The lowest BCUT2D eigenvalue weighted by atomic mass is 10.0. The average Bonchev–Trinajstić information content (AvgIpc) is 2.69. The van der Waals surface area contributed by atoms with Gasteiger partial charge in [0, 0.05) is 16.0 Å². The molecule has 0 N–H and O–H groups in total. The number of ether oxygens (including phenoxy) is 1. The summed E-state index contributed by atoms with van der Waals surface area (Å²) >= 11 is 5.89. The van der Waals surface area contributed by atoms with Gasteiger partial charge in [-0.3, -0.25) is 0 Å².